The molecule has 4 aromatic rings. The molecule has 0 aliphatic carbocycles. The molecule has 0 saturated carbocycles. The van der Waals surface area contributed by atoms with Gasteiger partial charge in [-0.15, -0.1) is 10.2 Å². The summed E-state index contributed by atoms with van der Waals surface area (Å²) < 4.78 is 7.48. The average Bonchev–Trinajstić information content (AvgIpc) is 3.30. The van der Waals surface area contributed by atoms with Crippen molar-refractivity contribution in [3.63, 3.8) is 0 Å². The highest BCUT2D eigenvalue weighted by molar-refractivity contribution is 6.02. The van der Waals surface area contributed by atoms with Crippen molar-refractivity contribution in [3.05, 3.63) is 72.4 Å². The van der Waals surface area contributed by atoms with E-state index in [-0.39, 0.29) is 23.2 Å². The first-order valence-corrected chi connectivity index (χ1v) is 9.92. The molecular formula is C22H19N7O4. The average molecular weight is 445 g/mol. The highest BCUT2D eigenvalue weighted by atomic mass is 16.5. The van der Waals surface area contributed by atoms with Crippen molar-refractivity contribution in [2.24, 2.45) is 0 Å². The number of rotatable bonds is 7. The van der Waals surface area contributed by atoms with Gasteiger partial charge in [-0.25, -0.2) is 14.8 Å². The van der Waals surface area contributed by atoms with E-state index in [1.165, 1.54) is 30.6 Å². The summed E-state index contributed by atoms with van der Waals surface area (Å²) in [6.07, 6.45) is 4.24. The molecule has 1 amide bonds. The Morgan fingerprint density at radius 1 is 1.12 bits per heavy atom. The first-order valence-electron chi connectivity index (χ1n) is 9.92. The molecule has 166 valence electrons. The summed E-state index contributed by atoms with van der Waals surface area (Å²) in [5, 5.41) is 19.7. The second-order valence-corrected chi connectivity index (χ2v) is 7.19. The number of aromatic nitrogens is 6. The van der Waals surface area contributed by atoms with E-state index in [0.717, 1.165) is 0 Å². The van der Waals surface area contributed by atoms with E-state index in [0.29, 0.717) is 23.1 Å². The van der Waals surface area contributed by atoms with E-state index in [1.54, 1.807) is 30.6 Å². The maximum Gasteiger partial charge on any atom is 0.337 e. The number of amides is 1. The predicted molar refractivity (Wildman–Crippen MR) is 117 cm³/mol. The minimum absolute atomic E-state index is 0.0403. The Morgan fingerprint density at radius 2 is 1.97 bits per heavy atom. The fourth-order valence-electron chi connectivity index (χ4n) is 2.90. The van der Waals surface area contributed by atoms with Gasteiger partial charge in [-0.1, -0.05) is 6.07 Å². The van der Waals surface area contributed by atoms with Crippen molar-refractivity contribution in [1.29, 1.82) is 0 Å². The van der Waals surface area contributed by atoms with Gasteiger partial charge in [-0.3, -0.25) is 9.78 Å². The Balaban J connectivity index is 1.49. The van der Waals surface area contributed by atoms with E-state index in [4.69, 9.17) is 9.84 Å². The van der Waals surface area contributed by atoms with Crippen molar-refractivity contribution in [1.82, 2.24) is 29.7 Å². The molecule has 0 fully saturated rings. The number of hydrogen-bond donors (Lipinski definition) is 2. The van der Waals surface area contributed by atoms with Gasteiger partial charge in [-0.2, -0.15) is 0 Å². The van der Waals surface area contributed by atoms with Gasteiger partial charge in [0, 0.05) is 30.6 Å². The normalized spacial score (nSPS) is 10.8. The Hall–Kier alpha value is -4.67. The van der Waals surface area contributed by atoms with Crippen LogP contribution in [0, 0.1) is 0 Å². The summed E-state index contributed by atoms with van der Waals surface area (Å²) in [6, 6.07) is 11.2. The lowest BCUT2D eigenvalue weighted by Gasteiger charge is -2.11. The summed E-state index contributed by atoms with van der Waals surface area (Å²) in [5.41, 5.74) is 0.714. The zero-order valence-electron chi connectivity index (χ0n) is 17.7. The molecule has 0 bridgehead atoms. The molecule has 0 aromatic carbocycles. The van der Waals surface area contributed by atoms with Crippen LogP contribution in [0.1, 0.15) is 40.7 Å². The van der Waals surface area contributed by atoms with Gasteiger partial charge >= 0.3 is 5.97 Å². The van der Waals surface area contributed by atoms with E-state index in [9.17, 15) is 9.59 Å². The van der Waals surface area contributed by atoms with Crippen LogP contribution in [0.15, 0.2) is 61.2 Å². The number of anilines is 1. The zero-order valence-corrected chi connectivity index (χ0v) is 17.7. The molecule has 0 atom stereocenters. The number of hydrogen-bond acceptors (Lipinski definition) is 8. The first kappa shape index (κ1) is 21.6. The van der Waals surface area contributed by atoms with Crippen LogP contribution in [-0.2, 0) is 0 Å². The highest BCUT2D eigenvalue weighted by Crippen LogP contribution is 2.22. The van der Waals surface area contributed by atoms with Gasteiger partial charge in [0.15, 0.2) is 5.82 Å². The van der Waals surface area contributed by atoms with Crippen molar-refractivity contribution >= 4 is 17.7 Å². The Labute approximate surface area is 188 Å². The molecule has 11 heteroatoms. The maximum atomic E-state index is 12.7. The molecule has 0 radical (unpaired) electrons. The fraction of sp³-hybridized carbons (Fsp3) is 0.136. The van der Waals surface area contributed by atoms with Crippen LogP contribution in [0.2, 0.25) is 0 Å². The SMILES string of the molecule is CC(C)n1cnnc1-c1cccc(NC(=O)c2cc(Oc3ccc(C(=O)O)cn3)ccn2)n1. The molecule has 0 aliphatic heterocycles. The number of nitrogens with zero attached hydrogens (tertiary/aromatic N) is 6. The van der Waals surface area contributed by atoms with E-state index in [2.05, 4.69) is 30.5 Å². The van der Waals surface area contributed by atoms with Crippen molar-refractivity contribution in [2.45, 2.75) is 19.9 Å². The van der Waals surface area contributed by atoms with Gasteiger partial charge in [0.2, 0.25) is 5.88 Å². The molecule has 4 aromatic heterocycles. The Kier molecular flexibility index (Phi) is 6.02. The number of carbonyl (C=O) groups is 2. The second kappa shape index (κ2) is 9.22. The summed E-state index contributed by atoms with van der Waals surface area (Å²) in [5.74, 6) is -0.145. The van der Waals surface area contributed by atoms with Gasteiger partial charge in [-0.05, 0) is 38.1 Å². The monoisotopic (exact) mass is 445 g/mol. The Bertz CT molecular complexity index is 1300. The predicted octanol–water partition coefficient (Wildman–Crippen LogP) is 3.45. The standard InChI is InChI=1S/C22H19N7O4/c1-13(2)29-12-25-28-20(29)16-4-3-5-18(26-16)27-21(30)17-10-15(8-9-23-17)33-19-7-6-14(11-24-19)22(31)32/h3-13H,1-2H3,(H,31,32)(H,26,27,30). The molecule has 0 aliphatic rings. The van der Waals surface area contributed by atoms with E-state index >= 15 is 0 Å². The molecule has 11 nitrogen and oxygen atoms in total. The van der Waals surface area contributed by atoms with Crippen LogP contribution in [0.5, 0.6) is 11.6 Å². The number of carbonyl (C=O) groups excluding carboxylic acids is 1. The summed E-state index contributed by atoms with van der Waals surface area (Å²) in [6.45, 7) is 4.02. The lowest BCUT2D eigenvalue weighted by atomic mass is 10.3. The summed E-state index contributed by atoms with van der Waals surface area (Å²) in [4.78, 5) is 36.1. The van der Waals surface area contributed by atoms with Crippen LogP contribution in [0.3, 0.4) is 0 Å². The van der Waals surface area contributed by atoms with Crippen molar-refractivity contribution in [3.8, 4) is 23.1 Å². The van der Waals surface area contributed by atoms with E-state index < -0.39 is 11.9 Å². The number of carboxylic acids is 1. The molecule has 4 heterocycles. The lowest BCUT2D eigenvalue weighted by Crippen LogP contribution is -2.15. The maximum absolute atomic E-state index is 12.7. The minimum Gasteiger partial charge on any atom is -0.478 e. The number of carboxylic acid groups (broad SMARTS) is 1. The van der Waals surface area contributed by atoms with Crippen LogP contribution < -0.4 is 10.1 Å². The smallest absolute Gasteiger partial charge is 0.337 e. The number of aromatic carboxylic acids is 1. The van der Waals surface area contributed by atoms with Crippen LogP contribution >= 0.6 is 0 Å². The second-order valence-electron chi connectivity index (χ2n) is 7.19. The third kappa shape index (κ3) is 4.98. The quantitative estimate of drug-likeness (QED) is 0.437. The molecule has 33 heavy (non-hydrogen) atoms. The lowest BCUT2D eigenvalue weighted by molar-refractivity contribution is 0.0696. The first-order chi connectivity index (χ1) is 15.9. The van der Waals surface area contributed by atoms with Crippen LogP contribution in [0.4, 0.5) is 5.82 Å². The van der Waals surface area contributed by atoms with Gasteiger partial charge in [0.1, 0.15) is 29.3 Å². The molecule has 0 unspecified atom stereocenters. The number of pyridine rings is 3. The largest absolute Gasteiger partial charge is 0.478 e. The van der Waals surface area contributed by atoms with Crippen LogP contribution in [0.25, 0.3) is 11.5 Å². The molecule has 2 N–H and O–H groups in total. The minimum atomic E-state index is -1.08. The van der Waals surface area contributed by atoms with Gasteiger partial charge in [0.05, 0.1) is 5.56 Å². The third-order valence-electron chi connectivity index (χ3n) is 4.52. The number of nitrogens with one attached hydrogen (secondary N) is 1. The highest BCUT2D eigenvalue weighted by Gasteiger charge is 2.14. The topological polar surface area (TPSA) is 145 Å². The third-order valence-corrected chi connectivity index (χ3v) is 4.52. The van der Waals surface area contributed by atoms with Gasteiger partial charge in [0.25, 0.3) is 5.91 Å². The fourth-order valence-corrected chi connectivity index (χ4v) is 2.90. The molecule has 4 rings (SSSR count). The van der Waals surface area contributed by atoms with E-state index in [1.807, 2.05) is 18.4 Å². The molecule has 0 spiro atoms. The molecule has 0 saturated heterocycles. The van der Waals surface area contributed by atoms with Crippen LogP contribution in [-0.4, -0.2) is 46.7 Å². The summed E-state index contributed by atoms with van der Waals surface area (Å²) in [7, 11) is 0. The number of ether oxygens (including phenoxy) is 1. The van der Waals surface area contributed by atoms with Crippen molar-refractivity contribution in [2.75, 3.05) is 5.32 Å². The van der Waals surface area contributed by atoms with Crippen molar-refractivity contribution < 1.29 is 19.4 Å². The zero-order chi connectivity index (χ0) is 23.4. The van der Waals surface area contributed by atoms with Gasteiger partial charge < -0.3 is 19.7 Å². The Morgan fingerprint density at radius 3 is 2.70 bits per heavy atom. The summed E-state index contributed by atoms with van der Waals surface area (Å²) >= 11 is 0. The molecular weight excluding hydrogens is 426 g/mol.